The summed E-state index contributed by atoms with van der Waals surface area (Å²) >= 11 is 0. The Morgan fingerprint density at radius 2 is 1.45 bits per heavy atom. The molecule has 4 amide bonds. The van der Waals surface area contributed by atoms with Crippen LogP contribution in [-0.4, -0.2) is 124 Å². The summed E-state index contributed by atoms with van der Waals surface area (Å²) in [6.45, 7) is 11.4. The van der Waals surface area contributed by atoms with Gasteiger partial charge in [0.05, 0.1) is 6.04 Å². The van der Waals surface area contributed by atoms with Gasteiger partial charge >= 0.3 is 0 Å². The van der Waals surface area contributed by atoms with Gasteiger partial charge in [0, 0.05) is 50.3 Å². The average molecular weight is 868 g/mol. The third kappa shape index (κ3) is 8.92. The fourth-order valence-electron chi connectivity index (χ4n) is 11.4. The molecule has 6 aliphatic rings. The first-order chi connectivity index (χ1) is 31.2. The van der Waals surface area contributed by atoms with E-state index in [0.717, 1.165) is 112 Å². The number of hydrogen-bond acceptors (Lipinski definition) is 10. The first-order valence-electron chi connectivity index (χ1n) is 23.7. The highest BCUT2D eigenvalue weighted by Crippen LogP contribution is 2.41. The molecule has 4 fully saturated rings. The molecule has 7 heterocycles. The van der Waals surface area contributed by atoms with Gasteiger partial charge in [-0.1, -0.05) is 30.3 Å². The van der Waals surface area contributed by atoms with Crippen molar-refractivity contribution in [1.82, 2.24) is 34.7 Å². The maximum atomic E-state index is 13.2. The largest absolute Gasteiger partial charge is 0.457 e. The van der Waals surface area contributed by atoms with Crippen LogP contribution in [0.1, 0.15) is 102 Å². The molecule has 0 saturated carbocycles. The lowest BCUT2D eigenvalue weighted by molar-refractivity contribution is -0.136. The zero-order chi connectivity index (χ0) is 43.7. The summed E-state index contributed by atoms with van der Waals surface area (Å²) in [5.41, 5.74) is 10.9. The number of amides is 4. The van der Waals surface area contributed by atoms with Crippen LogP contribution in [0.5, 0.6) is 11.5 Å². The zero-order valence-electron chi connectivity index (χ0n) is 36.8. The topological polar surface area (TPSA) is 158 Å². The number of carbonyl (C=O) groups is 4. The average Bonchev–Trinajstić information content (AvgIpc) is 3.87. The molecule has 2 unspecified atom stereocenters. The lowest BCUT2D eigenvalue weighted by Gasteiger charge is -2.41. The summed E-state index contributed by atoms with van der Waals surface area (Å²) in [6, 6.07) is 23.3. The van der Waals surface area contributed by atoms with Crippen LogP contribution < -0.4 is 21.1 Å². The van der Waals surface area contributed by atoms with Gasteiger partial charge in [-0.05, 0) is 162 Å². The number of ether oxygens (including phenoxy) is 1. The van der Waals surface area contributed by atoms with Crippen LogP contribution in [0.3, 0.4) is 0 Å². The number of aromatic nitrogens is 2. The number of nitrogens with one attached hydrogen (secondary N) is 2. The van der Waals surface area contributed by atoms with E-state index < -0.39 is 11.9 Å². The molecule has 4 aromatic rings. The minimum Gasteiger partial charge on any atom is -0.457 e. The molecular formula is C50H61N9O5. The molecule has 336 valence electrons. The van der Waals surface area contributed by atoms with Gasteiger partial charge in [0.25, 0.3) is 11.8 Å². The van der Waals surface area contributed by atoms with Crippen LogP contribution in [0.25, 0.3) is 11.3 Å². The van der Waals surface area contributed by atoms with Crippen molar-refractivity contribution in [3.8, 4) is 22.8 Å². The summed E-state index contributed by atoms with van der Waals surface area (Å²) in [4.78, 5) is 59.8. The second-order valence-corrected chi connectivity index (χ2v) is 19.0. The molecule has 2 atom stereocenters. The van der Waals surface area contributed by atoms with Crippen molar-refractivity contribution in [2.75, 3.05) is 70.8 Å². The number of anilines is 1. The van der Waals surface area contributed by atoms with Gasteiger partial charge in [-0.15, -0.1) is 0 Å². The van der Waals surface area contributed by atoms with E-state index in [9.17, 15) is 19.2 Å². The van der Waals surface area contributed by atoms with Crippen molar-refractivity contribution in [3.63, 3.8) is 0 Å². The van der Waals surface area contributed by atoms with E-state index >= 15 is 0 Å². The molecule has 0 spiro atoms. The molecule has 4 saturated heterocycles. The number of nitrogens with zero attached hydrogens (tertiary/aromatic N) is 6. The number of benzene rings is 3. The summed E-state index contributed by atoms with van der Waals surface area (Å²) in [7, 11) is 0. The van der Waals surface area contributed by atoms with Crippen LogP contribution in [0.4, 0.5) is 5.82 Å². The van der Waals surface area contributed by atoms with Crippen molar-refractivity contribution < 1.29 is 23.9 Å². The predicted molar refractivity (Wildman–Crippen MR) is 244 cm³/mol. The van der Waals surface area contributed by atoms with Gasteiger partial charge in [-0.3, -0.25) is 24.5 Å². The van der Waals surface area contributed by atoms with Gasteiger partial charge < -0.3 is 35.4 Å². The van der Waals surface area contributed by atoms with Crippen LogP contribution in [0.2, 0.25) is 0 Å². The highest BCUT2D eigenvalue weighted by molar-refractivity contribution is 6.05. The van der Waals surface area contributed by atoms with Gasteiger partial charge in [-0.2, -0.15) is 5.10 Å². The smallest absolute Gasteiger partial charge is 0.255 e. The summed E-state index contributed by atoms with van der Waals surface area (Å²) in [6.07, 6.45) is 8.62. The van der Waals surface area contributed by atoms with Gasteiger partial charge in [-0.25, -0.2) is 4.68 Å². The van der Waals surface area contributed by atoms with E-state index in [1.807, 2.05) is 60.7 Å². The van der Waals surface area contributed by atoms with Crippen molar-refractivity contribution in [2.45, 2.75) is 82.3 Å². The monoisotopic (exact) mass is 867 g/mol. The number of fused-ring (bicyclic) bond motifs is 2. The molecule has 3 aromatic carbocycles. The van der Waals surface area contributed by atoms with Crippen molar-refractivity contribution in [3.05, 3.63) is 95.1 Å². The molecular weight excluding hydrogens is 807 g/mol. The highest BCUT2D eigenvalue weighted by atomic mass is 16.5. The molecule has 6 aliphatic heterocycles. The Labute approximate surface area is 375 Å². The fourth-order valence-corrected chi connectivity index (χ4v) is 11.4. The Morgan fingerprint density at radius 3 is 2.16 bits per heavy atom. The maximum Gasteiger partial charge on any atom is 0.255 e. The van der Waals surface area contributed by atoms with Crippen LogP contribution in [0, 0.1) is 11.8 Å². The Balaban J connectivity index is 0.656. The molecule has 14 nitrogen and oxygen atoms in total. The summed E-state index contributed by atoms with van der Waals surface area (Å²) in [5.74, 6) is 2.75. The fraction of sp³-hybridized carbons (Fsp3) is 0.500. The summed E-state index contributed by atoms with van der Waals surface area (Å²) < 4.78 is 8.08. The molecule has 4 N–H and O–H groups in total. The Morgan fingerprint density at radius 1 is 0.766 bits per heavy atom. The SMILES string of the molecule is NC(=O)c1c(-c2ccc(Oc3ccccc3)cc2)nn2c1NCCC2C1CCN(CC2CCN(CCN3CCC(c4ccc5c(c4)CN(C4CCC(=O)NC4=O)C5=O)CC3)CC2)CC1. The van der Waals surface area contributed by atoms with E-state index in [1.165, 1.54) is 38.0 Å². The van der Waals surface area contributed by atoms with E-state index in [1.54, 1.807) is 4.90 Å². The number of nitrogens with two attached hydrogens (primary N) is 1. The van der Waals surface area contributed by atoms with E-state index in [-0.39, 0.29) is 30.2 Å². The standard InChI is InChI=1S/C50H61N9O5/c51-47(61)45-46(36-6-9-40(10-7-36)64-39-4-2-1-3-5-39)54-59-42(14-21-52-48(45)59)35-19-26-57(27-20-35)31-33-15-22-55(23-16-33)28-29-56-24-17-34(18-25-56)37-8-11-41-38(30-37)32-58(50(41)63)43-12-13-44(60)53-49(43)62/h1-11,30,33-35,42-43,52H,12-29,31-32H2,(H2,51,61)(H,53,60,62). The van der Waals surface area contributed by atoms with Crippen molar-refractivity contribution in [1.29, 1.82) is 0 Å². The third-order valence-electron chi connectivity index (χ3n) is 15.0. The lowest BCUT2D eigenvalue weighted by Crippen LogP contribution is -2.52. The molecule has 10 rings (SSSR count). The number of hydrogen-bond donors (Lipinski definition) is 3. The van der Waals surface area contributed by atoms with Crippen LogP contribution in [0.15, 0.2) is 72.8 Å². The minimum atomic E-state index is -0.577. The Bertz CT molecular complexity index is 2340. The number of para-hydroxylation sites is 1. The van der Waals surface area contributed by atoms with Gasteiger partial charge in [0.2, 0.25) is 11.8 Å². The second kappa shape index (κ2) is 18.5. The normalized spacial score (nSPS) is 23.1. The maximum absolute atomic E-state index is 13.2. The molecule has 0 bridgehead atoms. The molecule has 0 aliphatic carbocycles. The number of primary amides is 1. The number of rotatable bonds is 12. The second-order valence-electron chi connectivity index (χ2n) is 19.0. The zero-order valence-corrected chi connectivity index (χ0v) is 36.8. The molecule has 14 heteroatoms. The number of carbonyl (C=O) groups excluding carboxylic acids is 4. The van der Waals surface area contributed by atoms with Crippen LogP contribution in [-0.2, 0) is 16.1 Å². The van der Waals surface area contributed by atoms with Gasteiger partial charge in [0.15, 0.2) is 0 Å². The number of piperidine rings is 4. The van der Waals surface area contributed by atoms with Crippen LogP contribution >= 0.6 is 0 Å². The molecule has 1 aromatic heterocycles. The molecule has 64 heavy (non-hydrogen) atoms. The predicted octanol–water partition coefficient (Wildman–Crippen LogP) is 5.86. The lowest BCUT2D eigenvalue weighted by atomic mass is 9.86. The van der Waals surface area contributed by atoms with Crippen molar-refractivity contribution >= 4 is 29.4 Å². The Hall–Kier alpha value is -5.57. The number of imide groups is 1. The van der Waals surface area contributed by atoms with E-state index in [2.05, 4.69) is 42.1 Å². The number of likely N-dealkylation sites (tertiary alicyclic amines) is 3. The third-order valence-corrected chi connectivity index (χ3v) is 15.0. The minimum absolute atomic E-state index is 0.107. The van der Waals surface area contributed by atoms with E-state index in [4.69, 9.17) is 15.6 Å². The highest BCUT2D eigenvalue weighted by Gasteiger charge is 2.40. The van der Waals surface area contributed by atoms with Crippen molar-refractivity contribution in [2.24, 2.45) is 17.6 Å². The molecule has 0 radical (unpaired) electrons. The summed E-state index contributed by atoms with van der Waals surface area (Å²) in [5, 5.41) is 11.0. The first kappa shape index (κ1) is 42.4. The Kier molecular flexibility index (Phi) is 12.3. The van der Waals surface area contributed by atoms with Gasteiger partial charge in [0.1, 0.15) is 34.6 Å². The first-order valence-corrected chi connectivity index (χ1v) is 23.7. The quantitative estimate of drug-likeness (QED) is 0.147. The van der Waals surface area contributed by atoms with E-state index in [0.29, 0.717) is 41.6 Å².